The topological polar surface area (TPSA) is 84.5 Å². The van der Waals surface area contributed by atoms with Crippen molar-refractivity contribution in [3.63, 3.8) is 0 Å². The lowest BCUT2D eigenvalue weighted by atomic mass is 10.1. The number of carbonyl (C=O) groups excluding carboxylic acids is 3. The highest BCUT2D eigenvalue weighted by atomic mass is 19.4. The second kappa shape index (κ2) is 8.72. The maximum absolute atomic E-state index is 13.7. The largest absolute Gasteiger partial charge is 0.467 e. The molecular formula is C19H16F4N2O4. The van der Waals surface area contributed by atoms with Crippen molar-refractivity contribution in [2.24, 2.45) is 0 Å². The smallest absolute Gasteiger partial charge is 0.416 e. The van der Waals surface area contributed by atoms with Gasteiger partial charge in [-0.05, 0) is 37.3 Å². The predicted molar refractivity (Wildman–Crippen MR) is 94.7 cm³/mol. The van der Waals surface area contributed by atoms with Crippen LogP contribution in [0.2, 0.25) is 0 Å². The van der Waals surface area contributed by atoms with E-state index in [1.807, 2.05) is 0 Å². The van der Waals surface area contributed by atoms with Crippen molar-refractivity contribution < 1.29 is 36.7 Å². The van der Waals surface area contributed by atoms with E-state index >= 15 is 0 Å². The van der Waals surface area contributed by atoms with E-state index in [9.17, 15) is 31.9 Å². The zero-order valence-corrected chi connectivity index (χ0v) is 15.3. The number of carbonyl (C=O) groups is 3. The molecule has 0 aliphatic rings. The number of hydrogen-bond acceptors (Lipinski definition) is 4. The molecule has 0 aromatic heterocycles. The van der Waals surface area contributed by atoms with E-state index in [1.165, 1.54) is 19.1 Å². The van der Waals surface area contributed by atoms with Crippen LogP contribution in [0, 0.1) is 5.82 Å². The number of nitrogens with one attached hydrogen (secondary N) is 2. The van der Waals surface area contributed by atoms with Gasteiger partial charge in [-0.25, -0.2) is 9.18 Å². The number of amides is 2. The molecule has 2 N–H and O–H groups in total. The van der Waals surface area contributed by atoms with Crippen LogP contribution >= 0.6 is 0 Å². The van der Waals surface area contributed by atoms with Crippen LogP contribution in [-0.2, 0) is 15.7 Å². The predicted octanol–water partition coefficient (Wildman–Crippen LogP) is 3.39. The van der Waals surface area contributed by atoms with E-state index in [4.69, 9.17) is 0 Å². The van der Waals surface area contributed by atoms with Gasteiger partial charge in [0.15, 0.2) is 0 Å². The standard InChI is InChI=1S/C19H16F4N2O4/c1-10(18(28)29-2)24-16(26)11-7-12(19(21,22)23)9-13(8-11)25-17(27)14-5-3-4-6-15(14)20/h3-10H,1-2H3,(H,24,26)(H,25,27)/t10-/m0/s1. The average molecular weight is 412 g/mol. The summed E-state index contributed by atoms with van der Waals surface area (Å²) in [6.07, 6.45) is -4.82. The number of ether oxygens (including phenoxy) is 1. The number of benzene rings is 2. The molecule has 10 heteroatoms. The highest BCUT2D eigenvalue weighted by Gasteiger charge is 2.32. The Morgan fingerprint density at radius 3 is 2.28 bits per heavy atom. The van der Waals surface area contributed by atoms with Crippen molar-refractivity contribution in [1.82, 2.24) is 5.32 Å². The van der Waals surface area contributed by atoms with Gasteiger partial charge in [0.25, 0.3) is 11.8 Å². The van der Waals surface area contributed by atoms with Crippen molar-refractivity contribution in [3.05, 3.63) is 65.0 Å². The molecular weight excluding hydrogens is 396 g/mol. The summed E-state index contributed by atoms with van der Waals surface area (Å²) in [5.41, 5.74) is -2.42. The maximum Gasteiger partial charge on any atom is 0.416 e. The SMILES string of the molecule is COC(=O)[C@H](C)NC(=O)c1cc(NC(=O)c2ccccc2F)cc(C(F)(F)F)c1. The molecule has 0 saturated carbocycles. The van der Waals surface area contributed by atoms with Gasteiger partial charge in [-0.2, -0.15) is 13.2 Å². The van der Waals surface area contributed by atoms with Crippen molar-refractivity contribution in [2.75, 3.05) is 12.4 Å². The quantitative estimate of drug-likeness (QED) is 0.583. The van der Waals surface area contributed by atoms with Crippen LogP contribution in [0.5, 0.6) is 0 Å². The Bertz CT molecular complexity index is 944. The molecule has 1 atom stereocenters. The number of alkyl halides is 3. The van der Waals surface area contributed by atoms with E-state index < -0.39 is 46.9 Å². The summed E-state index contributed by atoms with van der Waals surface area (Å²) in [5, 5.41) is 4.34. The number of rotatable bonds is 5. The monoisotopic (exact) mass is 412 g/mol. The van der Waals surface area contributed by atoms with Gasteiger partial charge in [-0.15, -0.1) is 0 Å². The van der Waals surface area contributed by atoms with Crippen molar-refractivity contribution in [1.29, 1.82) is 0 Å². The van der Waals surface area contributed by atoms with Gasteiger partial charge in [-0.1, -0.05) is 12.1 Å². The Hall–Kier alpha value is -3.43. The van der Waals surface area contributed by atoms with Gasteiger partial charge in [0.2, 0.25) is 0 Å². The Morgan fingerprint density at radius 2 is 1.69 bits per heavy atom. The molecule has 2 rings (SSSR count). The zero-order valence-electron chi connectivity index (χ0n) is 15.3. The van der Waals surface area contributed by atoms with Gasteiger partial charge in [-0.3, -0.25) is 9.59 Å². The zero-order chi connectivity index (χ0) is 21.8. The summed E-state index contributed by atoms with van der Waals surface area (Å²) < 4.78 is 57.8. The molecule has 2 aromatic rings. The molecule has 154 valence electrons. The third kappa shape index (κ3) is 5.53. The number of hydrogen-bond donors (Lipinski definition) is 2. The highest BCUT2D eigenvalue weighted by Crippen LogP contribution is 2.32. The van der Waals surface area contributed by atoms with Crippen LogP contribution in [-0.4, -0.2) is 30.9 Å². The second-order valence-electron chi connectivity index (χ2n) is 5.95. The number of methoxy groups -OCH3 is 1. The molecule has 0 saturated heterocycles. The van der Waals surface area contributed by atoms with Gasteiger partial charge in [0, 0.05) is 11.3 Å². The maximum atomic E-state index is 13.7. The molecule has 0 heterocycles. The normalized spacial score (nSPS) is 12.1. The number of halogens is 4. The lowest BCUT2D eigenvalue weighted by Gasteiger charge is -2.15. The molecule has 0 aliphatic heterocycles. The fourth-order valence-corrected chi connectivity index (χ4v) is 2.35. The number of esters is 1. The lowest BCUT2D eigenvalue weighted by molar-refractivity contribution is -0.142. The van der Waals surface area contributed by atoms with E-state index in [2.05, 4.69) is 15.4 Å². The first-order valence-corrected chi connectivity index (χ1v) is 8.19. The van der Waals surface area contributed by atoms with Crippen LogP contribution in [0.25, 0.3) is 0 Å². The third-order valence-electron chi connectivity index (χ3n) is 3.80. The molecule has 0 unspecified atom stereocenters. The average Bonchev–Trinajstić information content (AvgIpc) is 2.66. The fourth-order valence-electron chi connectivity index (χ4n) is 2.35. The van der Waals surface area contributed by atoms with E-state index in [-0.39, 0.29) is 11.3 Å². The fraction of sp³-hybridized carbons (Fsp3) is 0.211. The van der Waals surface area contributed by atoms with E-state index in [1.54, 1.807) is 0 Å². The summed E-state index contributed by atoms with van der Waals surface area (Å²) >= 11 is 0. The van der Waals surface area contributed by atoms with E-state index in [0.29, 0.717) is 12.1 Å². The minimum atomic E-state index is -4.82. The summed E-state index contributed by atoms with van der Waals surface area (Å²) in [4.78, 5) is 35.8. The third-order valence-corrected chi connectivity index (χ3v) is 3.80. The Labute approximate surface area is 162 Å². The molecule has 2 amide bonds. The van der Waals surface area contributed by atoms with Crippen LogP contribution in [0.15, 0.2) is 42.5 Å². The molecule has 0 spiro atoms. The van der Waals surface area contributed by atoms with Crippen molar-refractivity contribution in [2.45, 2.75) is 19.1 Å². The first-order chi connectivity index (χ1) is 13.5. The Kier molecular flexibility index (Phi) is 6.57. The summed E-state index contributed by atoms with van der Waals surface area (Å²) in [5.74, 6) is -3.63. The van der Waals surface area contributed by atoms with Crippen LogP contribution in [0.3, 0.4) is 0 Å². The molecule has 0 bridgehead atoms. The first kappa shape index (κ1) is 21.9. The van der Waals surface area contributed by atoms with Crippen molar-refractivity contribution in [3.8, 4) is 0 Å². The van der Waals surface area contributed by atoms with Gasteiger partial charge < -0.3 is 15.4 Å². The van der Waals surface area contributed by atoms with Gasteiger partial charge in [0.05, 0.1) is 18.2 Å². The first-order valence-electron chi connectivity index (χ1n) is 8.19. The Morgan fingerprint density at radius 1 is 1.03 bits per heavy atom. The summed E-state index contributed by atoms with van der Waals surface area (Å²) in [7, 11) is 1.09. The summed E-state index contributed by atoms with van der Waals surface area (Å²) in [6, 6.07) is 5.96. The minimum Gasteiger partial charge on any atom is -0.467 e. The summed E-state index contributed by atoms with van der Waals surface area (Å²) in [6.45, 7) is 1.29. The minimum absolute atomic E-state index is 0.371. The second-order valence-corrected chi connectivity index (χ2v) is 5.95. The van der Waals surface area contributed by atoms with E-state index in [0.717, 1.165) is 25.3 Å². The molecule has 0 radical (unpaired) electrons. The molecule has 0 aliphatic carbocycles. The van der Waals surface area contributed by atoms with Gasteiger partial charge >= 0.3 is 12.1 Å². The van der Waals surface area contributed by atoms with Crippen molar-refractivity contribution >= 4 is 23.5 Å². The molecule has 2 aromatic carbocycles. The molecule has 29 heavy (non-hydrogen) atoms. The van der Waals surface area contributed by atoms with Crippen LogP contribution in [0.1, 0.15) is 33.2 Å². The lowest BCUT2D eigenvalue weighted by Crippen LogP contribution is -2.39. The van der Waals surface area contributed by atoms with Crippen LogP contribution in [0.4, 0.5) is 23.2 Å². The van der Waals surface area contributed by atoms with Gasteiger partial charge in [0.1, 0.15) is 11.9 Å². The van der Waals surface area contributed by atoms with Crippen LogP contribution < -0.4 is 10.6 Å². The highest BCUT2D eigenvalue weighted by molar-refractivity contribution is 6.05. The Balaban J connectivity index is 2.36. The number of anilines is 1. The molecule has 0 fully saturated rings. The molecule has 6 nitrogen and oxygen atoms in total.